The lowest BCUT2D eigenvalue weighted by Crippen LogP contribution is -2.31. The van der Waals surface area contributed by atoms with Crippen LogP contribution in [-0.2, 0) is 33.0 Å². The van der Waals surface area contributed by atoms with Gasteiger partial charge in [-0.2, -0.15) is 4.31 Å². The van der Waals surface area contributed by atoms with Crippen LogP contribution in [0, 0.1) is 5.41 Å². The van der Waals surface area contributed by atoms with Crippen LogP contribution in [0.15, 0.2) is 47.4 Å². The van der Waals surface area contributed by atoms with Crippen molar-refractivity contribution in [3.8, 4) is 0 Å². The normalized spacial score (nSPS) is 11.8. The van der Waals surface area contributed by atoms with Crippen molar-refractivity contribution in [2.24, 2.45) is 12.8 Å². The van der Waals surface area contributed by atoms with E-state index >= 15 is 0 Å². The Morgan fingerprint density at radius 3 is 2.47 bits per heavy atom. The summed E-state index contributed by atoms with van der Waals surface area (Å²) in [5.74, 6) is 0.619. The lowest BCUT2D eigenvalue weighted by Gasteiger charge is -2.20. The van der Waals surface area contributed by atoms with Gasteiger partial charge in [-0.1, -0.05) is 37.6 Å². The zero-order valence-corrected chi connectivity index (χ0v) is 22.0. The molecule has 0 saturated heterocycles. The van der Waals surface area contributed by atoms with Gasteiger partial charge in [-0.05, 0) is 43.5 Å². The molecule has 0 saturated carbocycles. The Bertz CT molecular complexity index is 1320. The SMILES string of the molecule is CCOC(=O)CCCCCN(CC)S(=O)(=O)c1ccc2c(c1)nc(Cc1ccc(C(=N)N)cc1)n2C. The van der Waals surface area contributed by atoms with E-state index in [1.807, 2.05) is 30.7 Å². The number of unbranched alkanes of at least 4 members (excludes halogenated alkanes) is 2. The molecule has 0 unspecified atom stereocenters. The minimum absolute atomic E-state index is 0.0239. The number of carbonyl (C=O) groups is 1. The number of fused-ring (bicyclic) bond motifs is 1. The number of hydrogen-bond donors (Lipinski definition) is 2. The molecule has 0 atom stereocenters. The summed E-state index contributed by atoms with van der Waals surface area (Å²) in [7, 11) is -1.76. The smallest absolute Gasteiger partial charge is 0.305 e. The van der Waals surface area contributed by atoms with Gasteiger partial charge in [0.25, 0.3) is 0 Å². The molecule has 3 aromatic rings. The summed E-state index contributed by atoms with van der Waals surface area (Å²) in [6, 6.07) is 12.5. The van der Waals surface area contributed by atoms with Crippen molar-refractivity contribution >= 4 is 32.9 Å². The first kappa shape index (κ1) is 27.3. The molecule has 9 nitrogen and oxygen atoms in total. The number of aryl methyl sites for hydroxylation is 1. The molecule has 3 N–H and O–H groups in total. The van der Waals surface area contributed by atoms with Crippen LogP contribution < -0.4 is 5.73 Å². The lowest BCUT2D eigenvalue weighted by atomic mass is 10.1. The van der Waals surface area contributed by atoms with Gasteiger partial charge in [0, 0.05) is 38.5 Å². The van der Waals surface area contributed by atoms with Crippen molar-refractivity contribution in [1.82, 2.24) is 13.9 Å². The van der Waals surface area contributed by atoms with Crippen molar-refractivity contribution < 1.29 is 17.9 Å². The Labute approximate surface area is 212 Å². The quantitative estimate of drug-likeness (QED) is 0.155. The standard InChI is InChI=1S/C26H35N5O4S/c1-4-31(16-8-6-7-9-25(32)35-5-2)36(33,34)21-14-15-23-22(18-21)29-24(30(23)3)17-19-10-12-20(13-11-19)26(27)28/h10-15,18H,4-9,16-17H2,1-3H3,(H3,27,28). The number of nitrogen functional groups attached to an aromatic ring is 1. The van der Waals surface area contributed by atoms with Crippen molar-refractivity contribution in [2.45, 2.75) is 50.8 Å². The van der Waals surface area contributed by atoms with Crippen LogP contribution in [0.1, 0.15) is 56.5 Å². The second kappa shape index (κ2) is 12.1. The number of imidazole rings is 1. The molecular formula is C26H35N5O4S. The van der Waals surface area contributed by atoms with E-state index in [-0.39, 0.29) is 16.7 Å². The number of amidine groups is 1. The average Bonchev–Trinajstić information content (AvgIpc) is 3.16. The van der Waals surface area contributed by atoms with Gasteiger partial charge in [0.05, 0.1) is 22.5 Å². The highest BCUT2D eigenvalue weighted by Gasteiger charge is 2.24. The molecule has 0 aliphatic carbocycles. The van der Waals surface area contributed by atoms with Gasteiger partial charge in [0.1, 0.15) is 11.7 Å². The van der Waals surface area contributed by atoms with Crippen molar-refractivity contribution in [2.75, 3.05) is 19.7 Å². The van der Waals surface area contributed by atoms with Crippen molar-refractivity contribution in [1.29, 1.82) is 5.41 Å². The summed E-state index contributed by atoms with van der Waals surface area (Å²) in [5.41, 5.74) is 8.69. The maximum Gasteiger partial charge on any atom is 0.305 e. The molecule has 36 heavy (non-hydrogen) atoms. The molecule has 0 spiro atoms. The summed E-state index contributed by atoms with van der Waals surface area (Å²) in [5, 5.41) is 7.53. The molecule has 3 rings (SSSR count). The predicted octanol–water partition coefficient (Wildman–Crippen LogP) is 3.58. The van der Waals surface area contributed by atoms with Gasteiger partial charge in [0.2, 0.25) is 10.0 Å². The summed E-state index contributed by atoms with van der Waals surface area (Å²) in [4.78, 5) is 16.4. The van der Waals surface area contributed by atoms with Crippen LogP contribution in [-0.4, -0.2) is 53.8 Å². The van der Waals surface area contributed by atoms with Gasteiger partial charge in [-0.3, -0.25) is 10.2 Å². The second-order valence-corrected chi connectivity index (χ2v) is 10.6. The monoisotopic (exact) mass is 513 g/mol. The minimum Gasteiger partial charge on any atom is -0.466 e. The fourth-order valence-electron chi connectivity index (χ4n) is 4.10. The van der Waals surface area contributed by atoms with E-state index < -0.39 is 10.0 Å². The summed E-state index contributed by atoms with van der Waals surface area (Å²) < 4.78 is 35.0. The van der Waals surface area contributed by atoms with E-state index in [1.54, 1.807) is 37.3 Å². The number of rotatable bonds is 13. The highest BCUT2D eigenvalue weighted by Crippen LogP contribution is 2.24. The Morgan fingerprint density at radius 1 is 1.11 bits per heavy atom. The fourth-order valence-corrected chi connectivity index (χ4v) is 5.61. The molecule has 0 radical (unpaired) electrons. The molecule has 0 amide bonds. The Balaban J connectivity index is 1.71. The number of sulfonamides is 1. The maximum absolute atomic E-state index is 13.3. The first-order valence-electron chi connectivity index (χ1n) is 12.2. The number of ether oxygens (including phenoxy) is 1. The molecule has 1 aromatic heterocycles. The largest absolute Gasteiger partial charge is 0.466 e. The van der Waals surface area contributed by atoms with Gasteiger partial charge in [-0.25, -0.2) is 13.4 Å². The van der Waals surface area contributed by atoms with E-state index in [1.165, 1.54) is 4.31 Å². The number of nitrogens with one attached hydrogen (secondary N) is 1. The molecule has 2 aromatic carbocycles. The molecule has 0 fully saturated rings. The van der Waals surface area contributed by atoms with Crippen LogP contribution in [0.5, 0.6) is 0 Å². The summed E-state index contributed by atoms with van der Waals surface area (Å²) >= 11 is 0. The average molecular weight is 514 g/mol. The summed E-state index contributed by atoms with van der Waals surface area (Å²) in [6.07, 6.45) is 3.02. The van der Waals surface area contributed by atoms with Gasteiger partial charge >= 0.3 is 5.97 Å². The Kier molecular flexibility index (Phi) is 9.22. The molecule has 10 heteroatoms. The van der Waals surface area contributed by atoms with Gasteiger partial charge in [-0.15, -0.1) is 0 Å². The molecule has 194 valence electrons. The van der Waals surface area contributed by atoms with E-state index in [0.717, 1.165) is 23.3 Å². The molecule has 0 aliphatic heterocycles. The van der Waals surface area contributed by atoms with E-state index in [2.05, 4.69) is 0 Å². The van der Waals surface area contributed by atoms with Crippen LogP contribution in [0.25, 0.3) is 11.0 Å². The van der Waals surface area contributed by atoms with Crippen molar-refractivity contribution in [3.63, 3.8) is 0 Å². The fraction of sp³-hybridized carbons (Fsp3) is 0.423. The first-order valence-corrected chi connectivity index (χ1v) is 13.7. The van der Waals surface area contributed by atoms with Gasteiger partial charge in [0.15, 0.2) is 0 Å². The van der Waals surface area contributed by atoms with E-state index in [9.17, 15) is 13.2 Å². The molecule has 0 bridgehead atoms. The number of carbonyl (C=O) groups excluding carboxylic acids is 1. The third-order valence-electron chi connectivity index (χ3n) is 6.16. The highest BCUT2D eigenvalue weighted by molar-refractivity contribution is 7.89. The number of aromatic nitrogens is 2. The number of hydrogen-bond acceptors (Lipinski definition) is 6. The second-order valence-electron chi connectivity index (χ2n) is 8.64. The van der Waals surface area contributed by atoms with E-state index in [4.69, 9.17) is 20.9 Å². The molecule has 0 aliphatic rings. The van der Waals surface area contributed by atoms with Crippen LogP contribution in [0.2, 0.25) is 0 Å². The predicted molar refractivity (Wildman–Crippen MR) is 141 cm³/mol. The van der Waals surface area contributed by atoms with Crippen LogP contribution in [0.3, 0.4) is 0 Å². The molecular weight excluding hydrogens is 478 g/mol. The van der Waals surface area contributed by atoms with Crippen LogP contribution in [0.4, 0.5) is 0 Å². The highest BCUT2D eigenvalue weighted by atomic mass is 32.2. The number of nitrogens with two attached hydrogens (primary N) is 1. The number of benzene rings is 2. The number of esters is 1. The number of nitrogens with zero attached hydrogens (tertiary/aromatic N) is 3. The molecule has 1 heterocycles. The lowest BCUT2D eigenvalue weighted by molar-refractivity contribution is -0.143. The van der Waals surface area contributed by atoms with E-state index in [0.29, 0.717) is 56.5 Å². The Morgan fingerprint density at radius 2 is 1.83 bits per heavy atom. The zero-order valence-electron chi connectivity index (χ0n) is 21.2. The van der Waals surface area contributed by atoms with Crippen LogP contribution >= 0.6 is 0 Å². The maximum atomic E-state index is 13.3. The topological polar surface area (TPSA) is 131 Å². The Hall–Kier alpha value is -3.24. The minimum atomic E-state index is -3.67. The third kappa shape index (κ3) is 6.50. The van der Waals surface area contributed by atoms with Crippen molar-refractivity contribution in [3.05, 3.63) is 59.4 Å². The zero-order chi connectivity index (χ0) is 26.3. The first-order chi connectivity index (χ1) is 17.2. The van der Waals surface area contributed by atoms with Gasteiger partial charge < -0.3 is 15.0 Å². The third-order valence-corrected chi connectivity index (χ3v) is 8.13. The summed E-state index contributed by atoms with van der Waals surface area (Å²) in [6.45, 7) is 4.73.